The van der Waals surface area contributed by atoms with Crippen molar-refractivity contribution in [2.24, 2.45) is 5.92 Å². The molecule has 146 valence electrons. The van der Waals surface area contributed by atoms with Gasteiger partial charge in [-0.3, -0.25) is 4.79 Å². The summed E-state index contributed by atoms with van der Waals surface area (Å²) in [4.78, 5) is 17.2. The van der Waals surface area contributed by atoms with E-state index in [4.69, 9.17) is 0 Å². The van der Waals surface area contributed by atoms with Gasteiger partial charge < -0.3 is 15.1 Å². The van der Waals surface area contributed by atoms with Crippen molar-refractivity contribution in [3.05, 3.63) is 0 Å². The van der Waals surface area contributed by atoms with Crippen molar-refractivity contribution in [3.8, 4) is 0 Å². The molecule has 2 saturated heterocycles. The Balaban J connectivity index is 1.56. The number of nitrogens with zero attached hydrogens (tertiary/aromatic N) is 3. The van der Waals surface area contributed by atoms with Gasteiger partial charge >= 0.3 is 0 Å². The van der Waals surface area contributed by atoms with Gasteiger partial charge in [-0.15, -0.1) is 0 Å². The Labute approximate surface area is 152 Å². The summed E-state index contributed by atoms with van der Waals surface area (Å²) in [7, 11) is -3.12. The second-order valence-electron chi connectivity index (χ2n) is 7.26. The highest BCUT2D eigenvalue weighted by Crippen LogP contribution is 2.19. The Hall–Kier alpha value is -0.700. The zero-order valence-electron chi connectivity index (χ0n) is 15.7. The minimum Gasteiger partial charge on any atom is -0.356 e. The second kappa shape index (κ2) is 9.85. The number of carbonyl (C=O) groups excluding carboxylic acids is 1. The molecule has 0 aromatic rings. The van der Waals surface area contributed by atoms with Crippen LogP contribution in [0.5, 0.6) is 0 Å². The first kappa shape index (κ1) is 20.6. The molecule has 8 heteroatoms. The third-order valence-electron chi connectivity index (χ3n) is 5.25. The molecule has 0 bridgehead atoms. The van der Waals surface area contributed by atoms with Gasteiger partial charge in [-0.1, -0.05) is 6.92 Å². The monoisotopic (exact) mass is 374 g/mol. The van der Waals surface area contributed by atoms with Crippen molar-refractivity contribution in [1.29, 1.82) is 0 Å². The van der Waals surface area contributed by atoms with Crippen LogP contribution >= 0.6 is 0 Å². The van der Waals surface area contributed by atoms with Crippen LogP contribution in [0.4, 0.5) is 0 Å². The van der Waals surface area contributed by atoms with E-state index in [9.17, 15) is 13.2 Å². The standard InChI is InChI=1S/C17H34N4O3S/c1-3-8-19-12-14-20(15-13-19)9-4-7-18-17(22)16-5-10-21(11-6-16)25(2,23)24/h16H,3-15H2,1-2H3,(H,18,22). The lowest BCUT2D eigenvalue weighted by atomic mass is 9.97. The van der Waals surface area contributed by atoms with E-state index in [2.05, 4.69) is 22.0 Å². The molecular formula is C17H34N4O3S. The number of nitrogens with one attached hydrogen (secondary N) is 1. The summed E-state index contributed by atoms with van der Waals surface area (Å²) in [5, 5.41) is 3.03. The van der Waals surface area contributed by atoms with Crippen LogP contribution in [-0.4, -0.2) is 93.6 Å². The molecule has 0 saturated carbocycles. The van der Waals surface area contributed by atoms with Crippen LogP contribution in [0.1, 0.15) is 32.6 Å². The Morgan fingerprint density at radius 1 is 1.00 bits per heavy atom. The fourth-order valence-corrected chi connectivity index (χ4v) is 4.54. The highest BCUT2D eigenvalue weighted by atomic mass is 32.2. The number of amides is 1. The predicted molar refractivity (Wildman–Crippen MR) is 99.9 cm³/mol. The molecule has 0 aliphatic carbocycles. The fourth-order valence-electron chi connectivity index (χ4n) is 3.66. The van der Waals surface area contributed by atoms with Gasteiger partial charge in [-0.05, 0) is 38.8 Å². The third-order valence-corrected chi connectivity index (χ3v) is 6.55. The summed E-state index contributed by atoms with van der Waals surface area (Å²) < 4.78 is 24.5. The Morgan fingerprint density at radius 2 is 1.56 bits per heavy atom. The summed E-state index contributed by atoms with van der Waals surface area (Å²) >= 11 is 0. The zero-order chi connectivity index (χ0) is 18.3. The highest BCUT2D eigenvalue weighted by molar-refractivity contribution is 7.88. The molecule has 0 atom stereocenters. The molecule has 1 amide bonds. The highest BCUT2D eigenvalue weighted by Gasteiger charge is 2.28. The average molecular weight is 375 g/mol. The van der Waals surface area contributed by atoms with Crippen molar-refractivity contribution in [2.75, 3.05) is 65.2 Å². The van der Waals surface area contributed by atoms with E-state index in [1.54, 1.807) is 0 Å². The number of rotatable bonds is 8. The van der Waals surface area contributed by atoms with Gasteiger partial charge in [0.1, 0.15) is 0 Å². The second-order valence-corrected chi connectivity index (χ2v) is 9.25. The van der Waals surface area contributed by atoms with Gasteiger partial charge in [0, 0.05) is 51.7 Å². The van der Waals surface area contributed by atoms with Crippen LogP contribution in [-0.2, 0) is 14.8 Å². The molecule has 2 heterocycles. The van der Waals surface area contributed by atoms with Crippen LogP contribution in [0.25, 0.3) is 0 Å². The molecule has 0 aromatic carbocycles. The predicted octanol–water partition coefficient (Wildman–Crippen LogP) is 0.192. The summed E-state index contributed by atoms with van der Waals surface area (Å²) in [6.45, 7) is 10.6. The fraction of sp³-hybridized carbons (Fsp3) is 0.941. The largest absolute Gasteiger partial charge is 0.356 e. The van der Waals surface area contributed by atoms with E-state index >= 15 is 0 Å². The molecule has 25 heavy (non-hydrogen) atoms. The van der Waals surface area contributed by atoms with Crippen LogP contribution in [0.15, 0.2) is 0 Å². The van der Waals surface area contributed by atoms with E-state index in [-0.39, 0.29) is 11.8 Å². The maximum atomic E-state index is 12.2. The SMILES string of the molecule is CCCN1CCN(CCCNC(=O)C2CCN(S(C)(=O)=O)CC2)CC1. The van der Waals surface area contributed by atoms with Gasteiger partial charge in [0.2, 0.25) is 15.9 Å². The lowest BCUT2D eigenvalue weighted by molar-refractivity contribution is -0.126. The van der Waals surface area contributed by atoms with E-state index in [0.29, 0.717) is 32.5 Å². The number of carbonyl (C=O) groups is 1. The molecule has 2 aliphatic heterocycles. The van der Waals surface area contributed by atoms with E-state index in [1.165, 1.54) is 23.5 Å². The Bertz CT molecular complexity index is 510. The molecule has 0 radical (unpaired) electrons. The van der Waals surface area contributed by atoms with Crippen LogP contribution in [0.3, 0.4) is 0 Å². The van der Waals surface area contributed by atoms with Gasteiger partial charge in [0.25, 0.3) is 0 Å². The van der Waals surface area contributed by atoms with Gasteiger partial charge in [-0.2, -0.15) is 0 Å². The maximum Gasteiger partial charge on any atom is 0.223 e. The molecule has 2 fully saturated rings. The summed E-state index contributed by atoms with van der Waals surface area (Å²) in [5.74, 6) is 0.0384. The molecule has 2 aliphatic rings. The van der Waals surface area contributed by atoms with Crippen LogP contribution in [0.2, 0.25) is 0 Å². The minimum absolute atomic E-state index is 0.0458. The van der Waals surface area contributed by atoms with Crippen molar-refractivity contribution >= 4 is 15.9 Å². The summed E-state index contributed by atoms with van der Waals surface area (Å²) in [6, 6.07) is 0. The van der Waals surface area contributed by atoms with Gasteiger partial charge in [-0.25, -0.2) is 12.7 Å². The molecule has 0 spiro atoms. The van der Waals surface area contributed by atoms with Crippen LogP contribution in [0, 0.1) is 5.92 Å². The maximum absolute atomic E-state index is 12.2. The lowest BCUT2D eigenvalue weighted by Gasteiger charge is -2.34. The summed E-state index contributed by atoms with van der Waals surface area (Å²) in [6.07, 6.45) is 4.67. The first-order valence-corrected chi connectivity index (χ1v) is 11.4. The van der Waals surface area contributed by atoms with Gasteiger partial charge in [0.15, 0.2) is 0 Å². The minimum atomic E-state index is -3.12. The van der Waals surface area contributed by atoms with E-state index in [1.807, 2.05) is 0 Å². The first-order valence-electron chi connectivity index (χ1n) is 9.57. The Morgan fingerprint density at radius 3 is 2.08 bits per heavy atom. The van der Waals surface area contributed by atoms with Crippen LogP contribution < -0.4 is 5.32 Å². The van der Waals surface area contributed by atoms with E-state index in [0.717, 1.165) is 39.1 Å². The van der Waals surface area contributed by atoms with Crippen molar-refractivity contribution < 1.29 is 13.2 Å². The number of hydrogen-bond donors (Lipinski definition) is 1. The topological polar surface area (TPSA) is 73.0 Å². The smallest absolute Gasteiger partial charge is 0.223 e. The first-order chi connectivity index (χ1) is 11.9. The zero-order valence-corrected chi connectivity index (χ0v) is 16.6. The molecule has 1 N–H and O–H groups in total. The number of sulfonamides is 1. The normalized spacial score (nSPS) is 22.2. The third kappa shape index (κ3) is 6.84. The van der Waals surface area contributed by atoms with Crippen molar-refractivity contribution in [3.63, 3.8) is 0 Å². The lowest BCUT2D eigenvalue weighted by Crippen LogP contribution is -2.47. The molecular weight excluding hydrogens is 340 g/mol. The van der Waals surface area contributed by atoms with Crippen molar-refractivity contribution in [1.82, 2.24) is 19.4 Å². The number of piperidine rings is 1. The van der Waals surface area contributed by atoms with Gasteiger partial charge in [0.05, 0.1) is 6.26 Å². The molecule has 2 rings (SSSR count). The van der Waals surface area contributed by atoms with E-state index < -0.39 is 10.0 Å². The summed E-state index contributed by atoms with van der Waals surface area (Å²) in [5.41, 5.74) is 0. The Kier molecular flexibility index (Phi) is 8.12. The number of piperazine rings is 1. The average Bonchev–Trinajstić information content (AvgIpc) is 2.59. The molecule has 0 unspecified atom stereocenters. The molecule has 7 nitrogen and oxygen atoms in total. The quantitative estimate of drug-likeness (QED) is 0.614. The number of hydrogen-bond acceptors (Lipinski definition) is 5. The van der Waals surface area contributed by atoms with Crippen molar-refractivity contribution in [2.45, 2.75) is 32.6 Å². The molecule has 0 aromatic heterocycles.